The van der Waals surface area contributed by atoms with E-state index < -0.39 is 6.61 Å². The van der Waals surface area contributed by atoms with Gasteiger partial charge in [-0.25, -0.2) is 9.07 Å². The van der Waals surface area contributed by atoms with E-state index in [1.807, 2.05) is 0 Å². The Morgan fingerprint density at radius 3 is 2.55 bits per heavy atom. The third kappa shape index (κ3) is 5.47. The molecule has 0 fully saturated rings. The van der Waals surface area contributed by atoms with Crippen molar-refractivity contribution in [1.82, 2.24) is 14.9 Å². The monoisotopic (exact) mass is 426 g/mol. The Morgan fingerprint density at radius 2 is 1.86 bits per heavy atom. The van der Waals surface area contributed by atoms with Crippen LogP contribution in [0.4, 0.5) is 13.2 Å². The second kappa shape index (κ2) is 9.41. The fourth-order valence-corrected chi connectivity index (χ4v) is 3.14. The first-order valence-corrected chi connectivity index (χ1v) is 9.27. The molecule has 154 valence electrons. The Kier molecular flexibility index (Phi) is 6.70. The molecule has 29 heavy (non-hydrogen) atoms. The standard InChI is InChI=1S/C18H17F3N4O3S/c1-26-15-8-11(2-7-14(15)28-17(20)21)10-29-18-24-23-16(25(18)22)9-27-13-5-3-12(19)4-6-13/h2-8,17H,9-10,22H2,1H3. The Hall–Kier alpha value is -3.08. The molecule has 2 aromatic carbocycles. The van der Waals surface area contributed by atoms with E-state index in [4.69, 9.17) is 15.3 Å². The predicted octanol–water partition coefficient (Wildman–Crippen LogP) is 3.61. The third-order valence-electron chi connectivity index (χ3n) is 3.73. The van der Waals surface area contributed by atoms with Crippen LogP contribution in [0.3, 0.4) is 0 Å². The first-order chi connectivity index (χ1) is 14.0. The van der Waals surface area contributed by atoms with E-state index in [0.29, 0.717) is 22.5 Å². The predicted molar refractivity (Wildman–Crippen MR) is 100 cm³/mol. The summed E-state index contributed by atoms with van der Waals surface area (Å²) in [6, 6.07) is 10.2. The van der Waals surface area contributed by atoms with E-state index in [9.17, 15) is 13.2 Å². The normalized spacial score (nSPS) is 10.9. The number of aromatic nitrogens is 3. The molecular weight excluding hydrogens is 409 g/mol. The highest BCUT2D eigenvalue weighted by Crippen LogP contribution is 2.31. The van der Waals surface area contributed by atoms with Crippen molar-refractivity contribution < 1.29 is 27.4 Å². The lowest BCUT2D eigenvalue weighted by molar-refractivity contribution is -0.0512. The van der Waals surface area contributed by atoms with Gasteiger partial charge in [0.05, 0.1) is 7.11 Å². The van der Waals surface area contributed by atoms with Crippen LogP contribution in [0.25, 0.3) is 0 Å². The minimum absolute atomic E-state index is 0.0431. The van der Waals surface area contributed by atoms with E-state index in [2.05, 4.69) is 14.9 Å². The number of nitrogen functional groups attached to an aromatic ring is 1. The molecule has 7 nitrogen and oxygen atoms in total. The molecule has 0 aliphatic carbocycles. The van der Waals surface area contributed by atoms with E-state index in [-0.39, 0.29) is 23.9 Å². The third-order valence-corrected chi connectivity index (χ3v) is 4.74. The molecule has 1 heterocycles. The van der Waals surface area contributed by atoms with Gasteiger partial charge in [-0.15, -0.1) is 10.2 Å². The molecule has 0 unspecified atom stereocenters. The number of ether oxygens (including phenoxy) is 3. The molecule has 0 amide bonds. The Balaban J connectivity index is 1.60. The Labute approximate surface area is 168 Å². The molecule has 0 bridgehead atoms. The molecule has 1 aromatic heterocycles. The van der Waals surface area contributed by atoms with Crippen LogP contribution in [0.5, 0.6) is 17.2 Å². The van der Waals surface area contributed by atoms with Crippen LogP contribution in [0.1, 0.15) is 11.4 Å². The van der Waals surface area contributed by atoms with Gasteiger partial charge in [-0.2, -0.15) is 8.78 Å². The molecule has 0 atom stereocenters. The van der Waals surface area contributed by atoms with E-state index in [1.165, 1.54) is 53.9 Å². The molecule has 11 heteroatoms. The van der Waals surface area contributed by atoms with Gasteiger partial charge in [0.1, 0.15) is 18.2 Å². The van der Waals surface area contributed by atoms with Gasteiger partial charge in [0.2, 0.25) is 5.16 Å². The van der Waals surface area contributed by atoms with Crippen LogP contribution in [-0.4, -0.2) is 28.6 Å². The topological polar surface area (TPSA) is 84.4 Å². The minimum atomic E-state index is -2.93. The summed E-state index contributed by atoms with van der Waals surface area (Å²) in [5.74, 6) is 7.09. The number of thioether (sulfide) groups is 1. The average Bonchev–Trinajstić information content (AvgIpc) is 3.06. The summed E-state index contributed by atoms with van der Waals surface area (Å²) in [5, 5.41) is 8.43. The van der Waals surface area contributed by atoms with Crippen LogP contribution < -0.4 is 20.1 Å². The van der Waals surface area contributed by atoms with Crippen molar-refractivity contribution in [2.75, 3.05) is 13.0 Å². The molecule has 0 aliphatic heterocycles. The van der Waals surface area contributed by atoms with Gasteiger partial charge >= 0.3 is 6.61 Å². The summed E-state index contributed by atoms with van der Waals surface area (Å²) < 4.78 is 54.0. The number of methoxy groups -OCH3 is 1. The molecule has 3 aromatic rings. The Morgan fingerprint density at radius 1 is 1.10 bits per heavy atom. The van der Waals surface area contributed by atoms with Crippen molar-refractivity contribution in [3.8, 4) is 17.2 Å². The SMILES string of the molecule is COc1cc(CSc2nnc(COc3ccc(F)cc3)n2N)ccc1OC(F)F. The summed E-state index contributed by atoms with van der Waals surface area (Å²) in [6.45, 7) is -2.88. The number of rotatable bonds is 9. The molecule has 0 spiro atoms. The van der Waals surface area contributed by atoms with Crippen LogP contribution in [-0.2, 0) is 12.4 Å². The van der Waals surface area contributed by atoms with Gasteiger partial charge < -0.3 is 20.1 Å². The highest BCUT2D eigenvalue weighted by Gasteiger charge is 2.14. The van der Waals surface area contributed by atoms with Crippen molar-refractivity contribution in [1.29, 1.82) is 0 Å². The number of alkyl halides is 2. The molecule has 2 N–H and O–H groups in total. The maximum Gasteiger partial charge on any atom is 0.387 e. The van der Waals surface area contributed by atoms with Gasteiger partial charge in [-0.1, -0.05) is 17.8 Å². The first-order valence-electron chi connectivity index (χ1n) is 8.28. The van der Waals surface area contributed by atoms with Gasteiger partial charge in [0.25, 0.3) is 0 Å². The number of hydrogen-bond acceptors (Lipinski definition) is 7. The highest BCUT2D eigenvalue weighted by molar-refractivity contribution is 7.98. The number of halogens is 3. The lowest BCUT2D eigenvalue weighted by atomic mass is 10.2. The van der Waals surface area contributed by atoms with Gasteiger partial charge in [-0.05, 0) is 42.0 Å². The summed E-state index contributed by atoms with van der Waals surface area (Å²) in [6.07, 6.45) is 0. The van der Waals surface area contributed by atoms with Crippen molar-refractivity contribution in [3.63, 3.8) is 0 Å². The molecular formula is C18H17F3N4O3S. The van der Waals surface area contributed by atoms with E-state index >= 15 is 0 Å². The molecule has 0 radical (unpaired) electrons. The number of benzene rings is 2. The maximum absolute atomic E-state index is 12.9. The summed E-state index contributed by atoms with van der Waals surface area (Å²) in [4.78, 5) is 0. The van der Waals surface area contributed by atoms with Crippen molar-refractivity contribution in [2.24, 2.45) is 0 Å². The zero-order valence-corrected chi connectivity index (χ0v) is 16.0. The molecule has 0 saturated carbocycles. The van der Waals surface area contributed by atoms with Crippen molar-refractivity contribution >= 4 is 11.8 Å². The number of nitrogens with two attached hydrogens (primary N) is 1. The molecule has 3 rings (SSSR count). The fourth-order valence-electron chi connectivity index (χ4n) is 2.33. The summed E-state index contributed by atoms with van der Waals surface area (Å²) in [5.41, 5.74) is 0.792. The zero-order chi connectivity index (χ0) is 20.8. The lowest BCUT2D eigenvalue weighted by Gasteiger charge is -2.11. The number of nitrogens with zero attached hydrogens (tertiary/aromatic N) is 3. The first kappa shape index (κ1) is 20.6. The lowest BCUT2D eigenvalue weighted by Crippen LogP contribution is -2.15. The van der Waals surface area contributed by atoms with Gasteiger partial charge in [0, 0.05) is 5.75 Å². The minimum Gasteiger partial charge on any atom is -0.493 e. The van der Waals surface area contributed by atoms with Crippen LogP contribution >= 0.6 is 11.8 Å². The van der Waals surface area contributed by atoms with Crippen molar-refractivity contribution in [3.05, 3.63) is 59.7 Å². The molecule has 0 saturated heterocycles. The second-order valence-electron chi connectivity index (χ2n) is 5.66. The van der Waals surface area contributed by atoms with Crippen LogP contribution in [0.15, 0.2) is 47.6 Å². The van der Waals surface area contributed by atoms with Gasteiger partial charge in [0.15, 0.2) is 17.3 Å². The van der Waals surface area contributed by atoms with E-state index in [1.54, 1.807) is 12.1 Å². The zero-order valence-electron chi connectivity index (χ0n) is 15.2. The van der Waals surface area contributed by atoms with Crippen molar-refractivity contribution in [2.45, 2.75) is 24.1 Å². The second-order valence-corrected chi connectivity index (χ2v) is 6.61. The summed E-state index contributed by atoms with van der Waals surface area (Å²) >= 11 is 1.30. The fraction of sp³-hybridized carbons (Fsp3) is 0.222. The van der Waals surface area contributed by atoms with Gasteiger partial charge in [-0.3, -0.25) is 0 Å². The smallest absolute Gasteiger partial charge is 0.387 e. The maximum atomic E-state index is 12.9. The molecule has 0 aliphatic rings. The van der Waals surface area contributed by atoms with Crippen LogP contribution in [0.2, 0.25) is 0 Å². The Bertz CT molecular complexity index is 954. The van der Waals surface area contributed by atoms with Crippen LogP contribution in [0, 0.1) is 5.82 Å². The van der Waals surface area contributed by atoms with E-state index in [0.717, 1.165) is 5.56 Å². The quantitative estimate of drug-likeness (QED) is 0.413. The average molecular weight is 426 g/mol. The largest absolute Gasteiger partial charge is 0.493 e. The number of hydrogen-bond donors (Lipinski definition) is 1. The summed E-state index contributed by atoms with van der Waals surface area (Å²) in [7, 11) is 1.37. The highest BCUT2D eigenvalue weighted by atomic mass is 32.2.